The second kappa shape index (κ2) is 3.60. The molecule has 1 N–H and O–H groups in total. The second-order valence-electron chi connectivity index (χ2n) is 4.86. The van der Waals surface area contributed by atoms with Gasteiger partial charge in [-0.05, 0) is 61.6 Å². The molecule has 1 aromatic rings. The van der Waals surface area contributed by atoms with Gasteiger partial charge in [-0.25, -0.2) is 0 Å². The van der Waals surface area contributed by atoms with E-state index in [1.807, 2.05) is 6.20 Å². The fourth-order valence-electron chi connectivity index (χ4n) is 2.45. The lowest BCUT2D eigenvalue weighted by atomic mass is 9.93. The van der Waals surface area contributed by atoms with Gasteiger partial charge in [0.15, 0.2) is 0 Å². The zero-order valence-corrected chi connectivity index (χ0v) is 8.95. The number of hydrogen-bond acceptors (Lipinski definition) is 2. The molecule has 2 aliphatic rings. The van der Waals surface area contributed by atoms with Crippen LogP contribution in [0.3, 0.4) is 0 Å². The Morgan fingerprint density at radius 2 is 2.07 bits per heavy atom. The zero-order chi connectivity index (χ0) is 10.3. The Morgan fingerprint density at radius 3 is 2.87 bits per heavy atom. The SMILES string of the molecule is OC(c1cnc2c(c1)CCCC2)C1CC1. The van der Waals surface area contributed by atoms with Crippen molar-refractivity contribution in [2.45, 2.75) is 44.6 Å². The van der Waals surface area contributed by atoms with Gasteiger partial charge in [-0.2, -0.15) is 0 Å². The van der Waals surface area contributed by atoms with E-state index < -0.39 is 0 Å². The van der Waals surface area contributed by atoms with Crippen LogP contribution in [0, 0.1) is 5.92 Å². The smallest absolute Gasteiger partial charge is 0.0833 e. The molecule has 1 fully saturated rings. The van der Waals surface area contributed by atoms with Gasteiger partial charge in [-0.3, -0.25) is 4.98 Å². The minimum absolute atomic E-state index is 0.260. The van der Waals surface area contributed by atoms with Gasteiger partial charge in [-0.1, -0.05) is 0 Å². The van der Waals surface area contributed by atoms with Crippen molar-refractivity contribution in [3.63, 3.8) is 0 Å². The summed E-state index contributed by atoms with van der Waals surface area (Å²) >= 11 is 0. The normalized spacial score (nSPS) is 22.2. The number of hydrogen-bond donors (Lipinski definition) is 1. The van der Waals surface area contributed by atoms with Crippen LogP contribution in [0.15, 0.2) is 12.3 Å². The van der Waals surface area contributed by atoms with Crippen molar-refractivity contribution in [1.29, 1.82) is 0 Å². The Labute approximate surface area is 90.4 Å². The number of nitrogens with zero attached hydrogens (tertiary/aromatic N) is 1. The summed E-state index contributed by atoms with van der Waals surface area (Å²) in [4.78, 5) is 4.49. The number of aliphatic hydroxyl groups is 1. The van der Waals surface area contributed by atoms with E-state index in [0.717, 1.165) is 18.4 Å². The molecular formula is C13H17NO. The van der Waals surface area contributed by atoms with Gasteiger partial charge >= 0.3 is 0 Å². The van der Waals surface area contributed by atoms with Crippen molar-refractivity contribution in [3.05, 3.63) is 29.1 Å². The summed E-state index contributed by atoms with van der Waals surface area (Å²) in [6.45, 7) is 0. The molecule has 2 aliphatic carbocycles. The fraction of sp³-hybridized carbons (Fsp3) is 0.615. The maximum absolute atomic E-state index is 10.0. The molecule has 0 saturated heterocycles. The molecular weight excluding hydrogens is 186 g/mol. The summed E-state index contributed by atoms with van der Waals surface area (Å²) in [7, 11) is 0. The predicted molar refractivity (Wildman–Crippen MR) is 58.6 cm³/mol. The van der Waals surface area contributed by atoms with E-state index in [1.165, 1.54) is 36.9 Å². The first-order valence-corrected chi connectivity index (χ1v) is 6.00. The van der Waals surface area contributed by atoms with E-state index in [-0.39, 0.29) is 6.10 Å². The third-order valence-electron chi connectivity index (χ3n) is 3.60. The molecule has 80 valence electrons. The Balaban J connectivity index is 1.89. The van der Waals surface area contributed by atoms with Crippen molar-refractivity contribution in [3.8, 4) is 0 Å². The highest BCUT2D eigenvalue weighted by Crippen LogP contribution is 2.41. The average Bonchev–Trinajstić information content (AvgIpc) is 3.11. The minimum atomic E-state index is -0.260. The van der Waals surface area contributed by atoms with E-state index >= 15 is 0 Å². The molecule has 1 heterocycles. The van der Waals surface area contributed by atoms with E-state index in [2.05, 4.69) is 11.1 Å². The standard InChI is InChI=1S/C13H17NO/c15-13(9-5-6-9)11-7-10-3-1-2-4-12(10)14-8-11/h7-9,13,15H,1-6H2. The third-order valence-corrected chi connectivity index (χ3v) is 3.60. The lowest BCUT2D eigenvalue weighted by Crippen LogP contribution is -2.08. The number of aliphatic hydroxyl groups excluding tert-OH is 1. The van der Waals surface area contributed by atoms with E-state index in [4.69, 9.17) is 0 Å². The van der Waals surface area contributed by atoms with Gasteiger partial charge in [0.25, 0.3) is 0 Å². The molecule has 1 unspecified atom stereocenters. The second-order valence-corrected chi connectivity index (χ2v) is 4.86. The molecule has 15 heavy (non-hydrogen) atoms. The highest BCUT2D eigenvalue weighted by molar-refractivity contribution is 5.29. The van der Waals surface area contributed by atoms with Crippen molar-refractivity contribution in [1.82, 2.24) is 4.98 Å². The van der Waals surface area contributed by atoms with Crippen molar-refractivity contribution in [2.24, 2.45) is 5.92 Å². The molecule has 0 bridgehead atoms. The number of fused-ring (bicyclic) bond motifs is 1. The Hall–Kier alpha value is -0.890. The van der Waals surface area contributed by atoms with Gasteiger partial charge in [-0.15, -0.1) is 0 Å². The number of aromatic nitrogens is 1. The van der Waals surface area contributed by atoms with Crippen LogP contribution >= 0.6 is 0 Å². The molecule has 0 aromatic carbocycles. The van der Waals surface area contributed by atoms with Gasteiger partial charge in [0, 0.05) is 11.9 Å². The quantitative estimate of drug-likeness (QED) is 0.800. The summed E-state index contributed by atoms with van der Waals surface area (Å²) in [5, 5.41) is 10.0. The van der Waals surface area contributed by atoms with Crippen molar-refractivity contribution in [2.75, 3.05) is 0 Å². The molecule has 0 spiro atoms. The predicted octanol–water partition coefficient (Wildman–Crippen LogP) is 2.40. The third kappa shape index (κ3) is 1.78. The number of rotatable bonds is 2. The molecule has 3 rings (SSSR count). The Kier molecular flexibility index (Phi) is 2.24. The Bertz CT molecular complexity index is 371. The van der Waals surface area contributed by atoms with Crippen molar-refractivity contribution >= 4 is 0 Å². The van der Waals surface area contributed by atoms with Gasteiger partial charge < -0.3 is 5.11 Å². The number of pyridine rings is 1. The molecule has 0 amide bonds. The molecule has 0 radical (unpaired) electrons. The first-order valence-electron chi connectivity index (χ1n) is 6.00. The zero-order valence-electron chi connectivity index (χ0n) is 8.95. The van der Waals surface area contributed by atoms with Crippen LogP contribution < -0.4 is 0 Å². The first kappa shape index (κ1) is 9.34. The molecule has 1 atom stereocenters. The average molecular weight is 203 g/mol. The van der Waals surface area contributed by atoms with Crippen LogP contribution in [0.1, 0.15) is 48.6 Å². The van der Waals surface area contributed by atoms with Gasteiger partial charge in [0.1, 0.15) is 0 Å². The largest absolute Gasteiger partial charge is 0.388 e. The van der Waals surface area contributed by atoms with Gasteiger partial charge in [0.05, 0.1) is 6.10 Å². The Morgan fingerprint density at radius 1 is 1.27 bits per heavy atom. The molecule has 2 heteroatoms. The lowest BCUT2D eigenvalue weighted by molar-refractivity contribution is 0.153. The highest BCUT2D eigenvalue weighted by atomic mass is 16.3. The van der Waals surface area contributed by atoms with Gasteiger partial charge in [0.2, 0.25) is 0 Å². The summed E-state index contributed by atoms with van der Waals surface area (Å²) in [5.41, 5.74) is 3.67. The van der Waals surface area contributed by atoms with Crippen LogP contribution in [0.2, 0.25) is 0 Å². The lowest BCUT2D eigenvalue weighted by Gasteiger charge is -2.17. The molecule has 1 aromatic heterocycles. The van der Waals surface area contributed by atoms with Crippen LogP contribution in [-0.4, -0.2) is 10.1 Å². The van der Waals surface area contributed by atoms with Crippen LogP contribution in [0.5, 0.6) is 0 Å². The summed E-state index contributed by atoms with van der Waals surface area (Å²) in [5.74, 6) is 0.508. The molecule has 0 aliphatic heterocycles. The van der Waals surface area contributed by atoms with Crippen LogP contribution in [-0.2, 0) is 12.8 Å². The summed E-state index contributed by atoms with van der Waals surface area (Å²) in [6.07, 6.45) is 8.79. The maximum atomic E-state index is 10.0. The van der Waals surface area contributed by atoms with Crippen molar-refractivity contribution < 1.29 is 5.11 Å². The maximum Gasteiger partial charge on any atom is 0.0833 e. The number of aryl methyl sites for hydroxylation is 2. The van der Waals surface area contributed by atoms with Crippen LogP contribution in [0.25, 0.3) is 0 Å². The topological polar surface area (TPSA) is 33.1 Å². The van der Waals surface area contributed by atoms with Crippen LogP contribution in [0.4, 0.5) is 0 Å². The summed E-state index contributed by atoms with van der Waals surface area (Å²) < 4.78 is 0. The highest BCUT2D eigenvalue weighted by Gasteiger charge is 2.31. The summed E-state index contributed by atoms with van der Waals surface area (Å²) in [6, 6.07) is 2.18. The minimum Gasteiger partial charge on any atom is -0.388 e. The molecule has 1 saturated carbocycles. The fourth-order valence-corrected chi connectivity index (χ4v) is 2.45. The van der Waals surface area contributed by atoms with E-state index in [9.17, 15) is 5.11 Å². The molecule has 2 nitrogen and oxygen atoms in total. The van der Waals surface area contributed by atoms with E-state index in [0.29, 0.717) is 5.92 Å². The first-order chi connectivity index (χ1) is 7.34. The van der Waals surface area contributed by atoms with E-state index in [1.54, 1.807) is 0 Å². The monoisotopic (exact) mass is 203 g/mol.